The summed E-state index contributed by atoms with van der Waals surface area (Å²) in [6, 6.07) is 26.3. The van der Waals surface area contributed by atoms with Gasteiger partial charge in [-0.15, -0.1) is 0 Å². The molecule has 0 spiro atoms. The molecule has 0 unspecified atom stereocenters. The third-order valence-corrected chi connectivity index (χ3v) is 5.92. The van der Waals surface area contributed by atoms with Gasteiger partial charge in [0.15, 0.2) is 0 Å². The lowest BCUT2D eigenvalue weighted by atomic mass is 10.2. The Balaban J connectivity index is 1.63. The van der Waals surface area contributed by atoms with Gasteiger partial charge in [0.2, 0.25) is 0 Å². The van der Waals surface area contributed by atoms with Gasteiger partial charge in [0.1, 0.15) is 8.64 Å². The standard InChI is InChI=1S/C21H18N2S4/c1-15-12-13-16(22-20(24)26-17-8-4-2-5-9-17)14-19(15)23-21(25)27-18-10-6-3-7-11-18/h2-14H,1H3,(H,22,24)(H,23,25). The average Bonchev–Trinajstić information content (AvgIpc) is 2.66. The molecule has 27 heavy (non-hydrogen) atoms. The topological polar surface area (TPSA) is 24.1 Å². The van der Waals surface area contributed by atoms with Crippen LogP contribution in [0.25, 0.3) is 0 Å². The van der Waals surface area contributed by atoms with Crippen LogP contribution < -0.4 is 10.6 Å². The summed E-state index contributed by atoms with van der Waals surface area (Å²) in [5.74, 6) is 0. The number of aryl methyl sites for hydroxylation is 1. The van der Waals surface area contributed by atoms with Crippen molar-refractivity contribution in [3.63, 3.8) is 0 Å². The molecule has 0 bridgehead atoms. The lowest BCUT2D eigenvalue weighted by molar-refractivity contribution is 1.46. The number of nitrogens with one attached hydrogen (secondary N) is 2. The molecule has 136 valence electrons. The van der Waals surface area contributed by atoms with E-state index in [1.165, 1.54) is 23.5 Å². The van der Waals surface area contributed by atoms with E-state index in [2.05, 4.69) is 23.6 Å². The van der Waals surface area contributed by atoms with E-state index in [0.717, 1.165) is 26.7 Å². The highest BCUT2D eigenvalue weighted by Crippen LogP contribution is 2.26. The van der Waals surface area contributed by atoms with Crippen molar-refractivity contribution in [3.05, 3.63) is 84.4 Å². The molecule has 0 aliphatic rings. The molecule has 0 atom stereocenters. The lowest BCUT2D eigenvalue weighted by Crippen LogP contribution is -2.08. The third kappa shape index (κ3) is 6.36. The highest BCUT2D eigenvalue weighted by molar-refractivity contribution is 8.23. The Kier molecular flexibility index (Phi) is 7.29. The maximum absolute atomic E-state index is 5.50. The van der Waals surface area contributed by atoms with Gasteiger partial charge in [-0.3, -0.25) is 0 Å². The summed E-state index contributed by atoms with van der Waals surface area (Å²) in [6.45, 7) is 2.05. The van der Waals surface area contributed by atoms with Crippen molar-refractivity contribution in [3.8, 4) is 0 Å². The minimum absolute atomic E-state index is 0.706. The molecule has 0 aliphatic carbocycles. The lowest BCUT2D eigenvalue weighted by Gasteiger charge is -2.13. The number of thioether (sulfide) groups is 2. The summed E-state index contributed by atoms with van der Waals surface area (Å²) in [5, 5.41) is 6.61. The summed E-state index contributed by atoms with van der Waals surface area (Å²) in [4.78, 5) is 2.23. The normalized spacial score (nSPS) is 10.3. The predicted molar refractivity (Wildman–Crippen MR) is 128 cm³/mol. The van der Waals surface area contributed by atoms with Crippen molar-refractivity contribution < 1.29 is 0 Å². The molecule has 3 rings (SSSR count). The van der Waals surface area contributed by atoms with E-state index in [-0.39, 0.29) is 0 Å². The maximum atomic E-state index is 5.50. The minimum atomic E-state index is 0.706. The van der Waals surface area contributed by atoms with Crippen LogP contribution in [-0.2, 0) is 0 Å². The first-order valence-electron chi connectivity index (χ1n) is 8.28. The molecule has 0 saturated carbocycles. The zero-order chi connectivity index (χ0) is 19.1. The average molecular weight is 427 g/mol. The molecule has 3 aromatic rings. The first-order valence-corrected chi connectivity index (χ1v) is 10.7. The fourth-order valence-electron chi connectivity index (χ4n) is 2.30. The van der Waals surface area contributed by atoms with E-state index in [1.54, 1.807) is 0 Å². The minimum Gasteiger partial charge on any atom is -0.341 e. The molecular formula is C21H18N2S4. The number of rotatable bonds is 4. The van der Waals surface area contributed by atoms with Crippen molar-refractivity contribution in [1.82, 2.24) is 0 Å². The molecule has 0 fully saturated rings. The number of hydrogen-bond acceptors (Lipinski definition) is 4. The Hall–Kier alpha value is -1.86. The smallest absolute Gasteiger partial charge is 0.143 e. The van der Waals surface area contributed by atoms with Crippen LogP contribution >= 0.6 is 48.0 Å². The molecule has 0 heterocycles. The summed E-state index contributed by atoms with van der Waals surface area (Å²) >= 11 is 14.0. The van der Waals surface area contributed by atoms with Gasteiger partial charge in [-0.25, -0.2) is 0 Å². The largest absolute Gasteiger partial charge is 0.341 e. The van der Waals surface area contributed by atoms with Crippen LogP contribution in [0.4, 0.5) is 11.4 Å². The van der Waals surface area contributed by atoms with Crippen molar-refractivity contribution >= 4 is 68.0 Å². The van der Waals surface area contributed by atoms with Gasteiger partial charge in [-0.2, -0.15) is 0 Å². The van der Waals surface area contributed by atoms with Crippen molar-refractivity contribution in [2.45, 2.75) is 16.7 Å². The van der Waals surface area contributed by atoms with Crippen LogP contribution in [0, 0.1) is 6.92 Å². The Labute approximate surface area is 179 Å². The van der Waals surface area contributed by atoms with E-state index in [1.807, 2.05) is 72.8 Å². The van der Waals surface area contributed by atoms with E-state index >= 15 is 0 Å². The zero-order valence-electron chi connectivity index (χ0n) is 14.6. The molecule has 0 aromatic heterocycles. The Morgan fingerprint density at radius 2 is 1.22 bits per heavy atom. The van der Waals surface area contributed by atoms with Crippen LogP contribution in [0.3, 0.4) is 0 Å². The Morgan fingerprint density at radius 3 is 1.78 bits per heavy atom. The van der Waals surface area contributed by atoms with Crippen molar-refractivity contribution in [2.75, 3.05) is 10.6 Å². The summed E-state index contributed by atoms with van der Waals surface area (Å²) in [5.41, 5.74) is 3.03. The molecule has 2 N–H and O–H groups in total. The van der Waals surface area contributed by atoms with E-state index in [9.17, 15) is 0 Å². The number of anilines is 2. The van der Waals surface area contributed by atoms with Crippen molar-refractivity contribution in [2.24, 2.45) is 0 Å². The van der Waals surface area contributed by atoms with Crippen LogP contribution in [0.1, 0.15) is 5.56 Å². The number of benzene rings is 3. The molecular weight excluding hydrogens is 409 g/mol. The highest BCUT2D eigenvalue weighted by Gasteiger charge is 2.07. The van der Waals surface area contributed by atoms with Gasteiger partial charge in [0.05, 0.1) is 0 Å². The fraction of sp³-hybridized carbons (Fsp3) is 0.0476. The molecule has 0 aliphatic heterocycles. The summed E-state index contributed by atoms with van der Waals surface area (Å²) in [7, 11) is 0. The molecule has 2 nitrogen and oxygen atoms in total. The van der Waals surface area contributed by atoms with Gasteiger partial charge in [0, 0.05) is 21.2 Å². The van der Waals surface area contributed by atoms with Gasteiger partial charge in [0.25, 0.3) is 0 Å². The number of thiocarbonyl (C=S) groups is 2. The Morgan fingerprint density at radius 1 is 0.704 bits per heavy atom. The second-order valence-electron chi connectivity index (χ2n) is 5.68. The zero-order valence-corrected chi connectivity index (χ0v) is 17.9. The van der Waals surface area contributed by atoms with Gasteiger partial charge < -0.3 is 10.6 Å². The first kappa shape index (κ1) is 19.9. The van der Waals surface area contributed by atoms with Crippen LogP contribution in [0.15, 0.2) is 88.7 Å². The van der Waals surface area contributed by atoms with Gasteiger partial charge in [-0.1, -0.05) is 90.4 Å². The maximum Gasteiger partial charge on any atom is 0.143 e. The van der Waals surface area contributed by atoms with Crippen molar-refractivity contribution in [1.29, 1.82) is 0 Å². The Bertz CT molecular complexity index is 927. The predicted octanol–water partition coefficient (Wildman–Crippen LogP) is 6.97. The van der Waals surface area contributed by atoms with Crippen LogP contribution in [0.2, 0.25) is 0 Å². The molecule has 0 amide bonds. The quantitative estimate of drug-likeness (QED) is 0.345. The SMILES string of the molecule is Cc1ccc(NC(=S)Sc2ccccc2)cc1NC(=S)Sc1ccccc1. The van der Waals surface area contributed by atoms with Crippen LogP contribution in [-0.4, -0.2) is 8.64 Å². The first-order chi connectivity index (χ1) is 13.1. The molecule has 0 radical (unpaired) electrons. The van der Waals surface area contributed by atoms with E-state index < -0.39 is 0 Å². The molecule has 0 saturated heterocycles. The monoisotopic (exact) mass is 426 g/mol. The van der Waals surface area contributed by atoms with E-state index in [0.29, 0.717) is 8.64 Å². The van der Waals surface area contributed by atoms with Gasteiger partial charge in [-0.05, 0) is 48.9 Å². The highest BCUT2D eigenvalue weighted by atomic mass is 32.2. The molecule has 6 heteroatoms. The van der Waals surface area contributed by atoms with Gasteiger partial charge >= 0.3 is 0 Å². The van der Waals surface area contributed by atoms with Crippen LogP contribution in [0.5, 0.6) is 0 Å². The second-order valence-corrected chi connectivity index (χ2v) is 9.19. The fourth-order valence-corrected chi connectivity index (χ4v) is 4.45. The number of hydrogen-bond donors (Lipinski definition) is 2. The summed E-state index contributed by atoms with van der Waals surface area (Å²) < 4.78 is 1.42. The summed E-state index contributed by atoms with van der Waals surface area (Å²) in [6.07, 6.45) is 0. The third-order valence-electron chi connectivity index (χ3n) is 3.63. The van der Waals surface area contributed by atoms with E-state index in [4.69, 9.17) is 24.4 Å². The molecule has 3 aromatic carbocycles. The second kappa shape index (κ2) is 9.90.